The van der Waals surface area contributed by atoms with Gasteiger partial charge in [0, 0.05) is 25.2 Å². The fourth-order valence-corrected chi connectivity index (χ4v) is 1.76. The lowest BCUT2D eigenvalue weighted by molar-refractivity contribution is 0.166. The molecule has 0 aliphatic carbocycles. The number of nitrogens with one attached hydrogen (secondary N) is 1. The van der Waals surface area contributed by atoms with Crippen molar-refractivity contribution < 1.29 is 0 Å². The van der Waals surface area contributed by atoms with Crippen LogP contribution in [-0.2, 0) is 6.54 Å². The summed E-state index contributed by atoms with van der Waals surface area (Å²) < 4.78 is 1.99. The van der Waals surface area contributed by atoms with E-state index < -0.39 is 0 Å². The van der Waals surface area contributed by atoms with Crippen LogP contribution in [0.2, 0.25) is 0 Å². The average Bonchev–Trinajstić information content (AvgIpc) is 2.48. The van der Waals surface area contributed by atoms with Gasteiger partial charge in [0.05, 0.1) is 6.54 Å². The summed E-state index contributed by atoms with van der Waals surface area (Å²) in [6.45, 7) is 7.31. The van der Waals surface area contributed by atoms with Crippen LogP contribution in [0.3, 0.4) is 0 Å². The van der Waals surface area contributed by atoms with Crippen molar-refractivity contribution in [2.45, 2.75) is 32.5 Å². The summed E-state index contributed by atoms with van der Waals surface area (Å²) in [5.74, 6) is 1.06. The van der Waals surface area contributed by atoms with Crippen LogP contribution in [0.15, 0.2) is 6.33 Å². The number of hydrogen-bond donors (Lipinski definition) is 1. The zero-order chi connectivity index (χ0) is 10.8. The minimum absolute atomic E-state index is 0.385. The molecule has 0 saturated carbocycles. The molecule has 0 aromatic carbocycles. The summed E-state index contributed by atoms with van der Waals surface area (Å²) in [7, 11) is 2.14. The molecule has 1 aliphatic heterocycles. The highest BCUT2D eigenvalue weighted by Gasteiger charge is 2.22. The Morgan fingerprint density at radius 3 is 2.87 bits per heavy atom. The summed E-state index contributed by atoms with van der Waals surface area (Å²) in [4.78, 5) is 6.64. The second kappa shape index (κ2) is 4.28. The Morgan fingerprint density at radius 2 is 2.33 bits per heavy atom. The number of rotatable bonds is 4. The smallest absolute Gasteiger partial charge is 0.141 e. The number of hydrogen-bond acceptors (Lipinski definition) is 4. The molecule has 1 fully saturated rings. The molecule has 5 heteroatoms. The normalized spacial score (nSPS) is 17.4. The molecule has 2 heterocycles. The van der Waals surface area contributed by atoms with E-state index in [-0.39, 0.29) is 0 Å². The van der Waals surface area contributed by atoms with Gasteiger partial charge in [-0.15, -0.1) is 0 Å². The Hall–Kier alpha value is -0.940. The molecule has 1 aromatic rings. The summed E-state index contributed by atoms with van der Waals surface area (Å²) >= 11 is 0. The molecule has 0 unspecified atom stereocenters. The number of likely N-dealkylation sites (N-methyl/N-ethyl adjacent to an activating group) is 1. The Balaban J connectivity index is 1.99. The van der Waals surface area contributed by atoms with Gasteiger partial charge in [-0.2, -0.15) is 5.10 Å². The second-order valence-corrected chi connectivity index (χ2v) is 4.44. The van der Waals surface area contributed by atoms with Gasteiger partial charge in [-0.3, -0.25) is 4.90 Å². The lowest BCUT2D eigenvalue weighted by Crippen LogP contribution is -2.55. The van der Waals surface area contributed by atoms with Crippen molar-refractivity contribution in [3.8, 4) is 0 Å². The van der Waals surface area contributed by atoms with Gasteiger partial charge >= 0.3 is 0 Å². The average molecular weight is 209 g/mol. The summed E-state index contributed by atoms with van der Waals surface area (Å²) in [6, 6.07) is 1.04. The molecular formula is C10H19N5. The first kappa shape index (κ1) is 10.6. The third-order valence-electron chi connectivity index (χ3n) is 2.91. The molecule has 2 rings (SSSR count). The van der Waals surface area contributed by atoms with E-state index >= 15 is 0 Å². The highest BCUT2D eigenvalue weighted by atomic mass is 15.4. The van der Waals surface area contributed by atoms with Crippen LogP contribution in [0.5, 0.6) is 0 Å². The van der Waals surface area contributed by atoms with Gasteiger partial charge in [0.2, 0.25) is 0 Å². The maximum Gasteiger partial charge on any atom is 0.141 e. The van der Waals surface area contributed by atoms with E-state index in [9.17, 15) is 0 Å². The maximum absolute atomic E-state index is 4.31. The van der Waals surface area contributed by atoms with Crippen molar-refractivity contribution in [2.75, 3.05) is 20.1 Å². The molecule has 1 aromatic heterocycles. The highest BCUT2D eigenvalue weighted by Crippen LogP contribution is 2.10. The zero-order valence-electron chi connectivity index (χ0n) is 9.64. The summed E-state index contributed by atoms with van der Waals surface area (Å²) in [5, 5.41) is 7.51. The van der Waals surface area contributed by atoms with Crippen molar-refractivity contribution in [3.63, 3.8) is 0 Å². The van der Waals surface area contributed by atoms with E-state index in [2.05, 4.69) is 41.2 Å². The molecule has 0 spiro atoms. The molecule has 1 aliphatic rings. The first-order chi connectivity index (χ1) is 7.18. The molecule has 5 nitrogen and oxygen atoms in total. The molecule has 15 heavy (non-hydrogen) atoms. The first-order valence-electron chi connectivity index (χ1n) is 5.48. The van der Waals surface area contributed by atoms with Crippen LogP contribution in [0, 0.1) is 0 Å². The van der Waals surface area contributed by atoms with Gasteiger partial charge < -0.3 is 5.32 Å². The van der Waals surface area contributed by atoms with Crippen molar-refractivity contribution >= 4 is 0 Å². The van der Waals surface area contributed by atoms with E-state index in [0.717, 1.165) is 25.5 Å². The van der Waals surface area contributed by atoms with Gasteiger partial charge in [0.15, 0.2) is 0 Å². The third kappa shape index (κ3) is 2.18. The molecule has 0 bridgehead atoms. The summed E-state index contributed by atoms with van der Waals surface area (Å²) in [5.41, 5.74) is 0. The second-order valence-electron chi connectivity index (χ2n) is 4.44. The zero-order valence-corrected chi connectivity index (χ0v) is 9.64. The predicted octanol–water partition coefficient (Wildman–Crippen LogP) is 0.263. The van der Waals surface area contributed by atoms with Gasteiger partial charge in [-0.25, -0.2) is 9.67 Å². The standard InChI is InChI=1S/C10H19N5/c1-8(2)15-10(12-7-13-15)6-14(3)9-4-11-5-9/h7-9,11H,4-6H2,1-3H3. The topological polar surface area (TPSA) is 46.0 Å². The van der Waals surface area contributed by atoms with Crippen LogP contribution < -0.4 is 5.32 Å². The SMILES string of the molecule is CC(C)n1ncnc1CN(C)C1CNC1. The number of nitrogens with zero attached hydrogens (tertiary/aromatic N) is 4. The first-order valence-corrected chi connectivity index (χ1v) is 5.48. The molecule has 1 N–H and O–H groups in total. The minimum Gasteiger partial charge on any atom is -0.314 e. The largest absolute Gasteiger partial charge is 0.314 e. The number of aromatic nitrogens is 3. The lowest BCUT2D eigenvalue weighted by atomic mass is 10.1. The van der Waals surface area contributed by atoms with Crippen LogP contribution >= 0.6 is 0 Å². The van der Waals surface area contributed by atoms with Crippen LogP contribution in [0.4, 0.5) is 0 Å². The maximum atomic E-state index is 4.31. The Morgan fingerprint density at radius 1 is 1.60 bits per heavy atom. The summed E-state index contributed by atoms with van der Waals surface area (Å²) in [6.07, 6.45) is 1.64. The van der Waals surface area contributed by atoms with Crippen LogP contribution in [0.1, 0.15) is 25.7 Å². The Kier molecular flexibility index (Phi) is 3.02. The van der Waals surface area contributed by atoms with E-state index in [1.54, 1.807) is 6.33 Å². The van der Waals surface area contributed by atoms with Gasteiger partial charge in [0.1, 0.15) is 12.2 Å². The fraction of sp³-hybridized carbons (Fsp3) is 0.800. The fourth-order valence-electron chi connectivity index (χ4n) is 1.76. The van der Waals surface area contributed by atoms with Crippen molar-refractivity contribution in [3.05, 3.63) is 12.2 Å². The molecule has 1 saturated heterocycles. The van der Waals surface area contributed by atoms with E-state index in [1.165, 1.54) is 0 Å². The Labute approximate surface area is 90.5 Å². The molecule has 0 radical (unpaired) electrons. The Bertz CT molecular complexity index is 315. The van der Waals surface area contributed by atoms with Crippen molar-refractivity contribution in [2.24, 2.45) is 0 Å². The lowest BCUT2D eigenvalue weighted by Gasteiger charge is -2.35. The van der Waals surface area contributed by atoms with E-state index in [4.69, 9.17) is 0 Å². The van der Waals surface area contributed by atoms with Crippen LogP contribution in [-0.4, -0.2) is 45.8 Å². The van der Waals surface area contributed by atoms with Gasteiger partial charge in [0.25, 0.3) is 0 Å². The van der Waals surface area contributed by atoms with Gasteiger partial charge in [-0.1, -0.05) is 0 Å². The quantitative estimate of drug-likeness (QED) is 0.773. The van der Waals surface area contributed by atoms with Crippen molar-refractivity contribution in [1.29, 1.82) is 0 Å². The molecule has 0 atom stereocenters. The molecular weight excluding hydrogens is 190 g/mol. The van der Waals surface area contributed by atoms with E-state index in [1.807, 2.05) is 4.68 Å². The van der Waals surface area contributed by atoms with Crippen LogP contribution in [0.25, 0.3) is 0 Å². The van der Waals surface area contributed by atoms with Crippen molar-refractivity contribution in [1.82, 2.24) is 25.0 Å². The molecule has 84 valence electrons. The molecule has 0 amide bonds. The minimum atomic E-state index is 0.385. The highest BCUT2D eigenvalue weighted by molar-refractivity contribution is 4.90. The predicted molar refractivity (Wildman–Crippen MR) is 58.5 cm³/mol. The van der Waals surface area contributed by atoms with Gasteiger partial charge in [-0.05, 0) is 20.9 Å². The third-order valence-corrected chi connectivity index (χ3v) is 2.91. The van der Waals surface area contributed by atoms with E-state index in [0.29, 0.717) is 12.1 Å². The monoisotopic (exact) mass is 209 g/mol.